The second-order valence-electron chi connectivity index (χ2n) is 5.66. The maximum absolute atomic E-state index is 10.0. The largest absolute Gasteiger partial charge is 0.389 e. The highest BCUT2D eigenvalue weighted by molar-refractivity contribution is 5.00. The lowest BCUT2D eigenvalue weighted by atomic mass is 9.77. The highest BCUT2D eigenvalue weighted by Gasteiger charge is 2.24. The van der Waals surface area contributed by atoms with Crippen molar-refractivity contribution >= 4 is 0 Å². The molecule has 1 atom stereocenters. The van der Waals surface area contributed by atoms with E-state index in [1.165, 1.54) is 50.5 Å². The molecule has 0 radical (unpaired) electrons. The Morgan fingerprint density at radius 3 is 2.38 bits per heavy atom. The number of aliphatic hydroxyl groups is 1. The van der Waals surface area contributed by atoms with Gasteiger partial charge in [-0.25, -0.2) is 0 Å². The summed E-state index contributed by atoms with van der Waals surface area (Å²) in [5.41, 5.74) is 1.24. The van der Waals surface area contributed by atoms with Crippen molar-refractivity contribution < 1.29 is 5.11 Å². The van der Waals surface area contributed by atoms with E-state index in [2.05, 4.69) is 20.8 Å². The third-order valence-electron chi connectivity index (χ3n) is 3.84. The zero-order valence-electron chi connectivity index (χ0n) is 11.2. The Balaban J connectivity index is 2.28. The Labute approximate surface area is 101 Å². The lowest BCUT2D eigenvalue weighted by Crippen LogP contribution is -2.24. The van der Waals surface area contributed by atoms with Gasteiger partial charge in [-0.05, 0) is 38.5 Å². The predicted octanol–water partition coefficient (Wildman–Crippen LogP) is 4.31. The lowest BCUT2D eigenvalue weighted by molar-refractivity contribution is 0.108. The van der Waals surface area contributed by atoms with Crippen LogP contribution in [0, 0.1) is 11.8 Å². The topological polar surface area (TPSA) is 20.2 Å². The minimum absolute atomic E-state index is 0.197. The van der Waals surface area contributed by atoms with E-state index in [0.29, 0.717) is 5.92 Å². The maximum atomic E-state index is 10.0. The quantitative estimate of drug-likeness (QED) is 0.690. The molecule has 1 aliphatic rings. The van der Waals surface area contributed by atoms with Crippen LogP contribution in [0.4, 0.5) is 0 Å². The second kappa shape index (κ2) is 7.11. The molecule has 0 aliphatic heterocycles. The van der Waals surface area contributed by atoms with Crippen LogP contribution >= 0.6 is 0 Å². The van der Waals surface area contributed by atoms with Gasteiger partial charge < -0.3 is 5.11 Å². The van der Waals surface area contributed by atoms with E-state index in [4.69, 9.17) is 0 Å². The van der Waals surface area contributed by atoms with Crippen molar-refractivity contribution in [3.05, 3.63) is 11.6 Å². The van der Waals surface area contributed by atoms with Gasteiger partial charge in [0.1, 0.15) is 0 Å². The summed E-state index contributed by atoms with van der Waals surface area (Å²) in [4.78, 5) is 0. The van der Waals surface area contributed by atoms with E-state index >= 15 is 0 Å². The summed E-state index contributed by atoms with van der Waals surface area (Å²) in [7, 11) is 0. The van der Waals surface area contributed by atoms with Gasteiger partial charge in [-0.1, -0.05) is 50.7 Å². The molecule has 1 heteroatoms. The zero-order valence-corrected chi connectivity index (χ0v) is 11.2. The molecule has 0 heterocycles. The summed E-state index contributed by atoms with van der Waals surface area (Å²) in [5, 5.41) is 10.0. The fraction of sp³-hybridized carbons (Fsp3) is 0.867. The average Bonchev–Trinajstić information content (AvgIpc) is 2.26. The smallest absolute Gasteiger partial charge is 0.0751 e. The van der Waals surface area contributed by atoms with Gasteiger partial charge in [0.05, 0.1) is 6.10 Å². The van der Waals surface area contributed by atoms with Crippen molar-refractivity contribution in [3.8, 4) is 0 Å². The number of allylic oxidation sites excluding steroid dienone is 1. The van der Waals surface area contributed by atoms with Crippen LogP contribution in [0.3, 0.4) is 0 Å². The first-order valence-corrected chi connectivity index (χ1v) is 6.96. The number of aliphatic hydroxyl groups excluding tert-OH is 1. The molecule has 0 spiro atoms. The lowest BCUT2D eigenvalue weighted by Gasteiger charge is -2.30. The van der Waals surface area contributed by atoms with Gasteiger partial charge in [0.2, 0.25) is 0 Å². The number of hydrogen-bond donors (Lipinski definition) is 1. The molecule has 0 bridgehead atoms. The van der Waals surface area contributed by atoms with Crippen LogP contribution in [0.15, 0.2) is 11.6 Å². The summed E-state index contributed by atoms with van der Waals surface area (Å²) in [6, 6.07) is 0. The highest BCUT2D eigenvalue weighted by Crippen LogP contribution is 2.34. The molecule has 0 aromatic rings. The molecule has 1 aliphatic carbocycles. The molecule has 0 aromatic heterocycles. The fourth-order valence-corrected chi connectivity index (χ4v) is 2.79. The summed E-state index contributed by atoms with van der Waals surface area (Å²) in [6.45, 7) is 6.40. The van der Waals surface area contributed by atoms with Crippen molar-refractivity contribution in [3.63, 3.8) is 0 Å². The molecule has 1 rings (SSSR count). The van der Waals surface area contributed by atoms with E-state index in [1.807, 2.05) is 6.08 Å². The van der Waals surface area contributed by atoms with Gasteiger partial charge in [-0.3, -0.25) is 0 Å². The molecular weight excluding hydrogens is 196 g/mol. The van der Waals surface area contributed by atoms with Crippen LogP contribution in [-0.4, -0.2) is 11.2 Å². The van der Waals surface area contributed by atoms with Gasteiger partial charge in [0.25, 0.3) is 0 Å². The zero-order chi connectivity index (χ0) is 12.0. The third kappa shape index (κ3) is 4.69. The van der Waals surface area contributed by atoms with Crippen LogP contribution < -0.4 is 0 Å². The monoisotopic (exact) mass is 224 g/mol. The Kier molecular flexibility index (Phi) is 6.12. The van der Waals surface area contributed by atoms with Crippen molar-refractivity contribution in [2.75, 3.05) is 0 Å². The summed E-state index contributed by atoms with van der Waals surface area (Å²) < 4.78 is 0. The van der Waals surface area contributed by atoms with Crippen molar-refractivity contribution in [1.82, 2.24) is 0 Å². The van der Waals surface area contributed by atoms with Crippen molar-refractivity contribution in [2.45, 2.75) is 71.8 Å². The predicted molar refractivity (Wildman–Crippen MR) is 70.4 cm³/mol. The molecule has 1 unspecified atom stereocenters. The van der Waals surface area contributed by atoms with Gasteiger partial charge >= 0.3 is 0 Å². The first-order chi connectivity index (χ1) is 7.63. The van der Waals surface area contributed by atoms with E-state index in [9.17, 15) is 5.11 Å². The van der Waals surface area contributed by atoms with Gasteiger partial charge in [0.15, 0.2) is 0 Å². The minimum Gasteiger partial charge on any atom is -0.389 e. The molecule has 0 saturated heterocycles. The molecule has 0 aromatic carbocycles. The maximum Gasteiger partial charge on any atom is 0.0751 e. The second-order valence-corrected chi connectivity index (χ2v) is 5.66. The normalized spacial score (nSPS) is 27.5. The standard InChI is InChI=1S/C15H28O/c1-4-5-6-13-7-9-14(10-8-13)15(16)11-12(2)3/h11,13-16H,4-10H2,1-3H3. The van der Waals surface area contributed by atoms with Crippen LogP contribution in [0.2, 0.25) is 0 Å². The van der Waals surface area contributed by atoms with Crippen molar-refractivity contribution in [1.29, 1.82) is 0 Å². The number of rotatable bonds is 5. The molecule has 94 valence electrons. The van der Waals surface area contributed by atoms with Crippen LogP contribution in [0.1, 0.15) is 65.7 Å². The third-order valence-corrected chi connectivity index (χ3v) is 3.84. The molecule has 1 fully saturated rings. The first-order valence-electron chi connectivity index (χ1n) is 6.96. The van der Waals surface area contributed by atoms with E-state index in [0.717, 1.165) is 5.92 Å². The van der Waals surface area contributed by atoms with E-state index in [1.54, 1.807) is 0 Å². The first kappa shape index (κ1) is 13.8. The number of unbranched alkanes of at least 4 members (excludes halogenated alkanes) is 1. The van der Waals surface area contributed by atoms with Gasteiger partial charge in [-0.2, -0.15) is 0 Å². The Morgan fingerprint density at radius 1 is 1.25 bits per heavy atom. The van der Waals surface area contributed by atoms with E-state index < -0.39 is 0 Å². The highest BCUT2D eigenvalue weighted by atomic mass is 16.3. The van der Waals surface area contributed by atoms with Gasteiger partial charge in [-0.15, -0.1) is 0 Å². The summed E-state index contributed by atoms with van der Waals surface area (Å²) in [6.07, 6.45) is 11.0. The van der Waals surface area contributed by atoms with Crippen molar-refractivity contribution in [2.24, 2.45) is 11.8 Å². The fourth-order valence-electron chi connectivity index (χ4n) is 2.79. The Hall–Kier alpha value is -0.300. The molecule has 1 nitrogen and oxygen atoms in total. The molecular formula is C15H28O. The number of hydrogen-bond acceptors (Lipinski definition) is 1. The van der Waals surface area contributed by atoms with Crippen LogP contribution in [0.5, 0.6) is 0 Å². The Morgan fingerprint density at radius 2 is 1.88 bits per heavy atom. The summed E-state index contributed by atoms with van der Waals surface area (Å²) >= 11 is 0. The van der Waals surface area contributed by atoms with E-state index in [-0.39, 0.29) is 6.10 Å². The SMILES string of the molecule is CCCCC1CCC(C(O)C=C(C)C)CC1. The average molecular weight is 224 g/mol. The Bertz CT molecular complexity index is 207. The van der Waals surface area contributed by atoms with Crippen LogP contribution in [0.25, 0.3) is 0 Å². The molecule has 16 heavy (non-hydrogen) atoms. The molecule has 1 N–H and O–H groups in total. The van der Waals surface area contributed by atoms with Gasteiger partial charge in [0, 0.05) is 0 Å². The molecule has 1 saturated carbocycles. The van der Waals surface area contributed by atoms with Crippen LogP contribution in [-0.2, 0) is 0 Å². The summed E-state index contributed by atoms with van der Waals surface area (Å²) in [5.74, 6) is 1.46. The molecule has 0 amide bonds. The minimum atomic E-state index is -0.197.